The minimum absolute atomic E-state index is 0.117. The highest BCUT2D eigenvalue weighted by Crippen LogP contribution is 2.25. The lowest BCUT2D eigenvalue weighted by atomic mass is 10.2. The predicted octanol–water partition coefficient (Wildman–Crippen LogP) is 3.90. The molecule has 2 aromatic carbocycles. The number of rotatable bonds is 4. The summed E-state index contributed by atoms with van der Waals surface area (Å²) in [6, 6.07) is 19.0. The van der Waals surface area contributed by atoms with Crippen molar-refractivity contribution in [3.8, 4) is 0 Å². The van der Waals surface area contributed by atoms with Crippen LogP contribution in [0.5, 0.6) is 0 Å². The fraction of sp³-hybridized carbons (Fsp3) is 0.182. The summed E-state index contributed by atoms with van der Waals surface area (Å²) in [4.78, 5) is 19.5. The van der Waals surface area contributed by atoms with E-state index in [1.54, 1.807) is 18.4 Å². The predicted molar refractivity (Wildman–Crippen MR) is 107 cm³/mol. The molecular weight excluding hydrogens is 352 g/mol. The van der Waals surface area contributed by atoms with E-state index in [0.717, 1.165) is 54.5 Å². The topological polar surface area (TPSA) is 63.3 Å². The van der Waals surface area contributed by atoms with Gasteiger partial charge in [-0.15, -0.1) is 0 Å². The monoisotopic (exact) mass is 372 g/mol. The minimum Gasteiger partial charge on any atom is -0.468 e. The molecule has 3 heterocycles. The van der Waals surface area contributed by atoms with Gasteiger partial charge in [0.25, 0.3) is 5.91 Å². The first-order chi connectivity index (χ1) is 13.8. The van der Waals surface area contributed by atoms with Gasteiger partial charge in [-0.2, -0.15) is 0 Å². The number of benzene rings is 2. The molecule has 1 N–H and O–H groups in total. The molecule has 5 rings (SSSR count). The van der Waals surface area contributed by atoms with Gasteiger partial charge in [0.1, 0.15) is 11.6 Å². The summed E-state index contributed by atoms with van der Waals surface area (Å²) >= 11 is 0. The Bertz CT molecular complexity index is 1120. The van der Waals surface area contributed by atoms with E-state index in [-0.39, 0.29) is 5.91 Å². The zero-order chi connectivity index (χ0) is 18.9. The van der Waals surface area contributed by atoms with Crippen LogP contribution in [0.2, 0.25) is 0 Å². The third kappa shape index (κ3) is 3.18. The summed E-state index contributed by atoms with van der Waals surface area (Å²) in [6.07, 6.45) is 1.71. The molecule has 0 bridgehead atoms. The largest absolute Gasteiger partial charge is 0.468 e. The van der Waals surface area contributed by atoms with Crippen molar-refractivity contribution < 1.29 is 9.21 Å². The zero-order valence-electron chi connectivity index (χ0n) is 15.3. The summed E-state index contributed by atoms with van der Waals surface area (Å²) in [5, 5.41) is 2.96. The summed E-state index contributed by atoms with van der Waals surface area (Å²) in [5.41, 5.74) is 3.40. The number of hydrogen-bond donors (Lipinski definition) is 1. The number of furan rings is 1. The first kappa shape index (κ1) is 16.8. The second-order valence-electron chi connectivity index (χ2n) is 6.99. The third-order valence-electron chi connectivity index (χ3n) is 5.09. The van der Waals surface area contributed by atoms with Crippen LogP contribution in [-0.2, 0) is 19.6 Å². The van der Waals surface area contributed by atoms with E-state index in [1.807, 2.05) is 48.5 Å². The highest BCUT2D eigenvalue weighted by molar-refractivity contribution is 6.04. The van der Waals surface area contributed by atoms with Crippen molar-refractivity contribution in [3.63, 3.8) is 0 Å². The van der Waals surface area contributed by atoms with E-state index in [4.69, 9.17) is 9.40 Å². The molecule has 0 aliphatic carbocycles. The van der Waals surface area contributed by atoms with Crippen molar-refractivity contribution in [1.29, 1.82) is 0 Å². The molecule has 1 aliphatic rings. The highest BCUT2D eigenvalue weighted by Gasteiger charge is 2.21. The van der Waals surface area contributed by atoms with E-state index >= 15 is 0 Å². The Kier molecular flexibility index (Phi) is 4.18. The van der Waals surface area contributed by atoms with E-state index in [2.05, 4.69) is 14.8 Å². The lowest BCUT2D eigenvalue weighted by molar-refractivity contribution is 0.102. The lowest BCUT2D eigenvalue weighted by Gasteiger charge is -2.26. The molecule has 1 aliphatic heterocycles. The van der Waals surface area contributed by atoms with Crippen LogP contribution in [0, 0.1) is 0 Å². The molecule has 6 nitrogen and oxygen atoms in total. The molecule has 1 amide bonds. The molecule has 4 aromatic rings. The molecule has 0 saturated carbocycles. The van der Waals surface area contributed by atoms with Crippen LogP contribution in [0.4, 0.5) is 5.69 Å². The van der Waals surface area contributed by atoms with E-state index < -0.39 is 0 Å². The minimum atomic E-state index is -0.117. The molecule has 0 saturated heterocycles. The Labute approximate surface area is 162 Å². The van der Waals surface area contributed by atoms with Crippen molar-refractivity contribution in [2.75, 3.05) is 11.9 Å². The van der Waals surface area contributed by atoms with Crippen LogP contribution in [-0.4, -0.2) is 26.9 Å². The van der Waals surface area contributed by atoms with E-state index in [0.29, 0.717) is 5.56 Å². The third-order valence-corrected chi connectivity index (χ3v) is 5.09. The maximum Gasteiger partial charge on any atom is 0.255 e. The second-order valence-corrected chi connectivity index (χ2v) is 6.99. The first-order valence-corrected chi connectivity index (χ1v) is 9.36. The Morgan fingerprint density at radius 1 is 1.07 bits per heavy atom. The van der Waals surface area contributed by atoms with Crippen LogP contribution in [0.25, 0.3) is 11.0 Å². The molecule has 28 heavy (non-hydrogen) atoms. The molecule has 0 radical (unpaired) electrons. The van der Waals surface area contributed by atoms with Gasteiger partial charge in [0.05, 0.1) is 30.4 Å². The maximum atomic E-state index is 12.4. The van der Waals surface area contributed by atoms with Crippen molar-refractivity contribution in [3.05, 3.63) is 84.1 Å². The number of nitrogens with zero attached hydrogens (tertiary/aromatic N) is 3. The summed E-state index contributed by atoms with van der Waals surface area (Å²) in [7, 11) is 0. The summed E-state index contributed by atoms with van der Waals surface area (Å²) in [6.45, 7) is 3.41. The lowest BCUT2D eigenvalue weighted by Crippen LogP contribution is -2.33. The van der Waals surface area contributed by atoms with Gasteiger partial charge in [0.15, 0.2) is 0 Å². The number of aromatic nitrogens is 2. The Morgan fingerprint density at radius 3 is 2.79 bits per heavy atom. The van der Waals surface area contributed by atoms with Crippen LogP contribution in [0.3, 0.4) is 0 Å². The highest BCUT2D eigenvalue weighted by atomic mass is 16.3. The smallest absolute Gasteiger partial charge is 0.255 e. The number of carbonyl (C=O) groups is 1. The molecule has 140 valence electrons. The van der Waals surface area contributed by atoms with E-state index in [1.165, 1.54) is 0 Å². The van der Waals surface area contributed by atoms with Gasteiger partial charge in [0.2, 0.25) is 0 Å². The molecule has 2 aromatic heterocycles. The first-order valence-electron chi connectivity index (χ1n) is 9.36. The fourth-order valence-corrected chi connectivity index (χ4v) is 3.70. The number of nitrogens with one attached hydrogen (secondary N) is 1. The number of fused-ring (bicyclic) bond motifs is 3. The van der Waals surface area contributed by atoms with Crippen molar-refractivity contribution in [2.45, 2.75) is 19.6 Å². The zero-order valence-corrected chi connectivity index (χ0v) is 15.3. The molecule has 6 heteroatoms. The molecular formula is C22H20N4O2. The Hall–Kier alpha value is -3.38. The van der Waals surface area contributed by atoms with Gasteiger partial charge in [-0.25, -0.2) is 4.98 Å². The van der Waals surface area contributed by atoms with Crippen LogP contribution in [0.1, 0.15) is 21.9 Å². The fourth-order valence-electron chi connectivity index (χ4n) is 3.70. The maximum absolute atomic E-state index is 12.4. The van der Waals surface area contributed by atoms with Crippen LogP contribution < -0.4 is 5.32 Å². The van der Waals surface area contributed by atoms with Crippen LogP contribution in [0.15, 0.2) is 71.3 Å². The van der Waals surface area contributed by atoms with Crippen molar-refractivity contribution >= 4 is 22.6 Å². The standard InChI is InChI=1S/C22H20N4O2/c27-22(16-5-2-1-3-6-16)23-17-8-9-20-19(13-17)24-21-15-25(10-11-26(20)21)14-18-7-4-12-28-18/h1-9,12-13H,10-11,14-15H2,(H,23,27). The van der Waals surface area contributed by atoms with E-state index in [9.17, 15) is 4.79 Å². The van der Waals surface area contributed by atoms with Gasteiger partial charge >= 0.3 is 0 Å². The van der Waals surface area contributed by atoms with Gasteiger partial charge < -0.3 is 14.3 Å². The molecule has 0 spiro atoms. The summed E-state index contributed by atoms with van der Waals surface area (Å²) in [5.74, 6) is 1.89. The Balaban J connectivity index is 1.36. The quantitative estimate of drug-likeness (QED) is 0.590. The number of carbonyl (C=O) groups excluding carboxylic acids is 1. The number of amides is 1. The number of hydrogen-bond acceptors (Lipinski definition) is 4. The molecule has 0 atom stereocenters. The molecule has 0 unspecified atom stereocenters. The van der Waals surface area contributed by atoms with Gasteiger partial charge in [-0.3, -0.25) is 9.69 Å². The number of anilines is 1. The average molecular weight is 372 g/mol. The number of imidazole rings is 1. The SMILES string of the molecule is O=C(Nc1ccc2c(c1)nc1n2CCN(Cc2ccco2)C1)c1ccccc1. The Morgan fingerprint density at radius 2 is 1.96 bits per heavy atom. The second kappa shape index (κ2) is 6.98. The van der Waals surface area contributed by atoms with Gasteiger partial charge in [0, 0.05) is 24.3 Å². The van der Waals surface area contributed by atoms with Gasteiger partial charge in [-0.05, 0) is 42.5 Å². The van der Waals surface area contributed by atoms with Crippen LogP contribution >= 0.6 is 0 Å². The average Bonchev–Trinajstić information content (AvgIpc) is 3.35. The van der Waals surface area contributed by atoms with Crippen molar-refractivity contribution in [2.24, 2.45) is 0 Å². The normalized spacial score (nSPS) is 14.1. The molecule has 0 fully saturated rings. The van der Waals surface area contributed by atoms with Gasteiger partial charge in [-0.1, -0.05) is 18.2 Å². The summed E-state index contributed by atoms with van der Waals surface area (Å²) < 4.78 is 7.72. The van der Waals surface area contributed by atoms with Crippen molar-refractivity contribution in [1.82, 2.24) is 14.5 Å².